The Morgan fingerprint density at radius 3 is 2.57 bits per heavy atom. The molecule has 0 amide bonds. The fraction of sp³-hybridized carbons (Fsp3) is 0.200. The number of hydrogen-bond acceptors (Lipinski definition) is 5. The van der Waals surface area contributed by atoms with E-state index in [1.165, 1.54) is 0 Å². The summed E-state index contributed by atoms with van der Waals surface area (Å²) in [6.07, 6.45) is 4.21. The summed E-state index contributed by atoms with van der Waals surface area (Å²) in [5.41, 5.74) is 9.76. The molecule has 0 saturated carbocycles. The molecular formula is C20H22BrN3O3S. The standard InChI is InChI=1S/C20H22BrN3O3S/c1-3-4-14-5-7-18(19(11-14)25-2)27-10-9-26-17-8-6-16(21)12-15(17)13-23-24-20(22)28/h3,5-8,11-13H,1,4,9-10H2,2H3,(H3,22,24,28)/b23-13-. The molecule has 0 atom stereocenters. The van der Waals surface area contributed by atoms with Gasteiger partial charge in [0.2, 0.25) is 0 Å². The van der Waals surface area contributed by atoms with Gasteiger partial charge in [0.25, 0.3) is 0 Å². The van der Waals surface area contributed by atoms with Gasteiger partial charge < -0.3 is 19.9 Å². The van der Waals surface area contributed by atoms with Gasteiger partial charge in [-0.25, -0.2) is 0 Å². The first-order valence-corrected chi connectivity index (χ1v) is 9.65. The quantitative estimate of drug-likeness (QED) is 0.183. The van der Waals surface area contributed by atoms with Crippen LogP contribution in [0.2, 0.25) is 0 Å². The predicted molar refractivity (Wildman–Crippen MR) is 120 cm³/mol. The Kier molecular flexibility index (Phi) is 8.77. The number of nitrogens with one attached hydrogen (secondary N) is 1. The lowest BCUT2D eigenvalue weighted by Gasteiger charge is -2.13. The van der Waals surface area contributed by atoms with Crippen molar-refractivity contribution in [3.05, 3.63) is 64.7 Å². The SMILES string of the molecule is C=CCc1ccc(OCCOc2ccc(Br)cc2/C=N\NC(N)=S)c(OC)c1. The molecular weight excluding hydrogens is 442 g/mol. The van der Waals surface area contributed by atoms with Gasteiger partial charge in [-0.2, -0.15) is 5.10 Å². The van der Waals surface area contributed by atoms with Crippen molar-refractivity contribution in [2.45, 2.75) is 6.42 Å². The summed E-state index contributed by atoms with van der Waals surface area (Å²) >= 11 is 8.16. The minimum absolute atomic E-state index is 0.0928. The van der Waals surface area contributed by atoms with Crippen LogP contribution in [0.1, 0.15) is 11.1 Å². The minimum Gasteiger partial charge on any atom is -0.493 e. The predicted octanol–water partition coefficient (Wildman–Crippen LogP) is 3.81. The number of ether oxygens (including phenoxy) is 3. The summed E-state index contributed by atoms with van der Waals surface area (Å²) in [5.74, 6) is 2.00. The summed E-state index contributed by atoms with van der Waals surface area (Å²) in [4.78, 5) is 0. The number of nitrogens with zero attached hydrogens (tertiary/aromatic N) is 1. The van der Waals surface area contributed by atoms with Gasteiger partial charge in [0.05, 0.1) is 13.3 Å². The molecule has 2 rings (SSSR count). The van der Waals surface area contributed by atoms with E-state index in [9.17, 15) is 0 Å². The Morgan fingerprint density at radius 2 is 1.89 bits per heavy atom. The van der Waals surface area contributed by atoms with Gasteiger partial charge in [0.1, 0.15) is 19.0 Å². The van der Waals surface area contributed by atoms with Crippen LogP contribution in [-0.2, 0) is 6.42 Å². The second-order valence-corrected chi connectivity index (χ2v) is 6.95. The molecule has 28 heavy (non-hydrogen) atoms. The van der Waals surface area contributed by atoms with Crippen molar-refractivity contribution in [2.75, 3.05) is 20.3 Å². The third kappa shape index (κ3) is 6.86. The van der Waals surface area contributed by atoms with Gasteiger partial charge in [-0.1, -0.05) is 28.1 Å². The lowest BCUT2D eigenvalue weighted by atomic mass is 10.1. The largest absolute Gasteiger partial charge is 0.493 e. The Bertz CT molecular complexity index is 859. The van der Waals surface area contributed by atoms with E-state index in [0.29, 0.717) is 30.5 Å². The average Bonchev–Trinajstić information content (AvgIpc) is 2.67. The topological polar surface area (TPSA) is 78.1 Å². The smallest absolute Gasteiger partial charge is 0.184 e. The maximum atomic E-state index is 5.82. The monoisotopic (exact) mass is 463 g/mol. The first-order valence-electron chi connectivity index (χ1n) is 8.45. The molecule has 8 heteroatoms. The maximum Gasteiger partial charge on any atom is 0.184 e. The van der Waals surface area contributed by atoms with E-state index in [1.54, 1.807) is 13.3 Å². The number of benzene rings is 2. The molecule has 0 aliphatic heterocycles. The van der Waals surface area contributed by atoms with Crippen molar-refractivity contribution in [3.8, 4) is 17.2 Å². The summed E-state index contributed by atoms with van der Waals surface area (Å²) in [7, 11) is 1.62. The third-order valence-electron chi connectivity index (χ3n) is 3.56. The zero-order chi connectivity index (χ0) is 20.4. The molecule has 0 aliphatic carbocycles. The summed E-state index contributed by atoms with van der Waals surface area (Å²) in [5, 5.41) is 4.06. The highest BCUT2D eigenvalue weighted by Gasteiger charge is 2.07. The second-order valence-electron chi connectivity index (χ2n) is 5.59. The first-order chi connectivity index (χ1) is 13.5. The molecule has 0 aromatic heterocycles. The number of allylic oxidation sites excluding steroid dienone is 1. The van der Waals surface area contributed by atoms with E-state index < -0.39 is 0 Å². The van der Waals surface area contributed by atoms with Crippen LogP contribution in [0.25, 0.3) is 0 Å². The van der Waals surface area contributed by atoms with Gasteiger partial charge >= 0.3 is 0 Å². The van der Waals surface area contributed by atoms with Crippen molar-refractivity contribution in [1.82, 2.24) is 5.43 Å². The molecule has 0 spiro atoms. The molecule has 0 aliphatic rings. The van der Waals surface area contributed by atoms with Crippen LogP contribution in [0.5, 0.6) is 17.2 Å². The van der Waals surface area contributed by atoms with E-state index in [-0.39, 0.29) is 5.11 Å². The molecule has 3 N–H and O–H groups in total. The Balaban J connectivity index is 1.95. The van der Waals surface area contributed by atoms with Crippen LogP contribution in [0.3, 0.4) is 0 Å². The average molecular weight is 464 g/mol. The zero-order valence-electron chi connectivity index (χ0n) is 15.5. The molecule has 6 nitrogen and oxygen atoms in total. The highest BCUT2D eigenvalue weighted by Crippen LogP contribution is 2.28. The normalized spacial score (nSPS) is 10.5. The number of hydrogen-bond donors (Lipinski definition) is 2. The van der Waals surface area contributed by atoms with Crippen LogP contribution < -0.4 is 25.4 Å². The zero-order valence-corrected chi connectivity index (χ0v) is 17.9. The van der Waals surface area contributed by atoms with E-state index in [2.05, 4.69) is 33.0 Å². The van der Waals surface area contributed by atoms with E-state index in [1.807, 2.05) is 42.5 Å². The molecule has 0 bridgehead atoms. The lowest BCUT2D eigenvalue weighted by Crippen LogP contribution is -2.24. The molecule has 0 heterocycles. The number of nitrogens with two attached hydrogens (primary N) is 1. The van der Waals surface area contributed by atoms with Gasteiger partial charge in [-0.05, 0) is 54.5 Å². The molecule has 0 fully saturated rings. The van der Waals surface area contributed by atoms with Crippen LogP contribution in [0.15, 0.2) is 58.6 Å². The molecule has 2 aromatic rings. The van der Waals surface area contributed by atoms with Gasteiger partial charge in [-0.15, -0.1) is 6.58 Å². The number of halogens is 1. The molecule has 0 radical (unpaired) electrons. The van der Waals surface area contributed by atoms with E-state index in [0.717, 1.165) is 22.0 Å². The second kappa shape index (κ2) is 11.3. The summed E-state index contributed by atoms with van der Waals surface area (Å²) < 4.78 is 17.9. The van der Waals surface area contributed by atoms with Crippen molar-refractivity contribution >= 4 is 39.5 Å². The summed E-state index contributed by atoms with van der Waals surface area (Å²) in [6, 6.07) is 11.4. The number of thiocarbonyl (C=S) groups is 1. The van der Waals surface area contributed by atoms with Crippen molar-refractivity contribution < 1.29 is 14.2 Å². The fourth-order valence-corrected chi connectivity index (χ4v) is 2.78. The van der Waals surface area contributed by atoms with Gasteiger partial charge in [0.15, 0.2) is 16.6 Å². The van der Waals surface area contributed by atoms with Crippen molar-refractivity contribution in [1.29, 1.82) is 0 Å². The third-order valence-corrected chi connectivity index (χ3v) is 4.14. The first kappa shape index (κ1) is 21.7. The number of methoxy groups -OCH3 is 1. The lowest BCUT2D eigenvalue weighted by molar-refractivity contribution is 0.211. The fourth-order valence-electron chi connectivity index (χ4n) is 2.35. The Hall–Kier alpha value is -2.58. The van der Waals surface area contributed by atoms with Crippen LogP contribution >= 0.6 is 28.1 Å². The molecule has 148 valence electrons. The molecule has 2 aromatic carbocycles. The highest BCUT2D eigenvalue weighted by atomic mass is 79.9. The number of rotatable bonds is 10. The van der Waals surface area contributed by atoms with E-state index >= 15 is 0 Å². The minimum atomic E-state index is 0.0928. The van der Waals surface area contributed by atoms with Gasteiger partial charge in [-0.3, -0.25) is 5.43 Å². The van der Waals surface area contributed by atoms with Gasteiger partial charge in [0, 0.05) is 10.0 Å². The van der Waals surface area contributed by atoms with E-state index in [4.69, 9.17) is 32.2 Å². The van der Waals surface area contributed by atoms with Crippen LogP contribution in [0, 0.1) is 0 Å². The van der Waals surface area contributed by atoms with Crippen molar-refractivity contribution in [3.63, 3.8) is 0 Å². The number of hydrazone groups is 1. The van der Waals surface area contributed by atoms with Crippen LogP contribution in [-0.4, -0.2) is 31.7 Å². The maximum absolute atomic E-state index is 5.82. The highest BCUT2D eigenvalue weighted by molar-refractivity contribution is 9.10. The molecule has 0 unspecified atom stereocenters. The Labute approximate surface area is 178 Å². The van der Waals surface area contributed by atoms with Crippen LogP contribution in [0.4, 0.5) is 0 Å². The summed E-state index contributed by atoms with van der Waals surface area (Å²) in [6.45, 7) is 4.45. The Morgan fingerprint density at radius 1 is 1.18 bits per heavy atom. The molecule has 0 saturated heterocycles. The van der Waals surface area contributed by atoms with Crippen molar-refractivity contribution in [2.24, 2.45) is 10.8 Å².